The standard InChI is InChI=1S/C22H22ClN3O3S/c1-14-19(15(2)26(25-14)17-9-7-16(23)8-10-17)13-22(27)24-20-11-12-30(28,29)21-6-4-3-5-18(20)21/h3-10,20H,11-13H2,1-2H3,(H,24,27). The van der Waals surface area contributed by atoms with E-state index in [1.807, 2.05) is 26.0 Å². The van der Waals surface area contributed by atoms with E-state index in [9.17, 15) is 13.2 Å². The van der Waals surface area contributed by atoms with E-state index in [4.69, 9.17) is 11.6 Å². The normalized spacial score (nSPS) is 17.4. The zero-order valence-electron chi connectivity index (χ0n) is 16.7. The second-order valence-corrected chi connectivity index (χ2v) is 9.99. The Balaban J connectivity index is 1.55. The van der Waals surface area contributed by atoms with Gasteiger partial charge in [-0.15, -0.1) is 0 Å². The number of sulfone groups is 1. The summed E-state index contributed by atoms with van der Waals surface area (Å²) in [6, 6.07) is 13.9. The molecule has 1 aromatic heterocycles. The average molecular weight is 444 g/mol. The molecule has 30 heavy (non-hydrogen) atoms. The largest absolute Gasteiger partial charge is 0.349 e. The number of carbonyl (C=O) groups excluding carboxylic acids is 1. The molecule has 1 aliphatic heterocycles. The van der Waals surface area contributed by atoms with Crippen LogP contribution in [0.1, 0.15) is 35.0 Å². The summed E-state index contributed by atoms with van der Waals surface area (Å²) in [5.41, 5.74) is 4.06. The molecular formula is C22H22ClN3O3S. The Bertz CT molecular complexity index is 1220. The van der Waals surface area contributed by atoms with Gasteiger partial charge < -0.3 is 5.32 Å². The number of nitrogens with zero attached hydrogens (tertiary/aromatic N) is 2. The second-order valence-electron chi connectivity index (χ2n) is 7.48. The van der Waals surface area contributed by atoms with Crippen LogP contribution in [0.5, 0.6) is 0 Å². The van der Waals surface area contributed by atoms with Crippen molar-refractivity contribution in [2.45, 2.75) is 37.6 Å². The Kier molecular flexibility index (Phi) is 5.42. The van der Waals surface area contributed by atoms with Crippen LogP contribution in [0.3, 0.4) is 0 Å². The summed E-state index contributed by atoms with van der Waals surface area (Å²) < 4.78 is 26.4. The zero-order valence-corrected chi connectivity index (χ0v) is 18.3. The average Bonchev–Trinajstić information content (AvgIpc) is 2.99. The SMILES string of the molecule is Cc1nn(-c2ccc(Cl)cc2)c(C)c1CC(=O)NC1CCS(=O)(=O)c2ccccc21. The number of nitrogens with one attached hydrogen (secondary N) is 1. The molecule has 0 spiro atoms. The first-order valence-electron chi connectivity index (χ1n) is 9.68. The van der Waals surface area contributed by atoms with Gasteiger partial charge in [0.1, 0.15) is 0 Å². The number of hydrogen-bond acceptors (Lipinski definition) is 4. The van der Waals surface area contributed by atoms with Crippen molar-refractivity contribution in [3.63, 3.8) is 0 Å². The van der Waals surface area contributed by atoms with Gasteiger partial charge in [-0.2, -0.15) is 5.10 Å². The maximum absolute atomic E-state index is 12.8. The van der Waals surface area contributed by atoms with Crippen LogP contribution >= 0.6 is 11.6 Å². The highest BCUT2D eigenvalue weighted by atomic mass is 35.5. The number of aryl methyl sites for hydroxylation is 1. The molecule has 1 unspecified atom stereocenters. The van der Waals surface area contributed by atoms with Crippen LogP contribution in [0.25, 0.3) is 5.69 Å². The Morgan fingerprint density at radius 3 is 2.60 bits per heavy atom. The molecule has 1 N–H and O–H groups in total. The quantitative estimate of drug-likeness (QED) is 0.666. The Morgan fingerprint density at radius 2 is 1.87 bits per heavy atom. The molecule has 0 aliphatic carbocycles. The van der Waals surface area contributed by atoms with Crippen LogP contribution in [0, 0.1) is 13.8 Å². The maximum atomic E-state index is 12.8. The molecule has 4 rings (SSSR count). The minimum atomic E-state index is -3.29. The fraction of sp³-hybridized carbons (Fsp3) is 0.273. The van der Waals surface area contributed by atoms with Gasteiger partial charge in [-0.1, -0.05) is 29.8 Å². The first-order chi connectivity index (χ1) is 14.3. The second kappa shape index (κ2) is 7.89. The maximum Gasteiger partial charge on any atom is 0.225 e. The van der Waals surface area contributed by atoms with Gasteiger partial charge in [-0.25, -0.2) is 13.1 Å². The predicted octanol–water partition coefficient (Wildman–Crippen LogP) is 3.72. The van der Waals surface area contributed by atoms with Crippen LogP contribution in [-0.4, -0.2) is 29.9 Å². The lowest BCUT2D eigenvalue weighted by Crippen LogP contribution is -2.34. The summed E-state index contributed by atoms with van der Waals surface area (Å²) in [5.74, 6) is -0.127. The molecule has 156 valence electrons. The number of rotatable bonds is 4. The summed E-state index contributed by atoms with van der Waals surface area (Å²) in [6.45, 7) is 3.81. The van der Waals surface area contributed by atoms with Crippen LogP contribution in [-0.2, 0) is 21.1 Å². The van der Waals surface area contributed by atoms with Crippen molar-refractivity contribution >= 4 is 27.3 Å². The van der Waals surface area contributed by atoms with E-state index in [1.165, 1.54) is 0 Å². The van der Waals surface area contributed by atoms with Crippen molar-refractivity contribution < 1.29 is 13.2 Å². The van der Waals surface area contributed by atoms with Crippen LogP contribution in [0.2, 0.25) is 5.02 Å². The molecule has 8 heteroatoms. The number of carbonyl (C=O) groups is 1. The van der Waals surface area contributed by atoms with Crippen molar-refractivity contribution in [2.24, 2.45) is 0 Å². The van der Waals surface area contributed by atoms with Crippen LogP contribution in [0.4, 0.5) is 0 Å². The number of amides is 1. The molecule has 1 atom stereocenters. The predicted molar refractivity (Wildman–Crippen MR) is 116 cm³/mol. The van der Waals surface area contributed by atoms with Crippen molar-refractivity contribution in [2.75, 3.05) is 5.75 Å². The topological polar surface area (TPSA) is 81.1 Å². The van der Waals surface area contributed by atoms with Gasteiger partial charge in [0, 0.05) is 16.3 Å². The van der Waals surface area contributed by atoms with Crippen LogP contribution in [0.15, 0.2) is 53.4 Å². The number of benzene rings is 2. The van der Waals surface area contributed by atoms with Gasteiger partial charge in [-0.05, 0) is 56.2 Å². The van der Waals surface area contributed by atoms with Gasteiger partial charge in [-0.3, -0.25) is 4.79 Å². The Hall–Kier alpha value is -2.64. The molecule has 2 aromatic carbocycles. The summed E-state index contributed by atoms with van der Waals surface area (Å²) in [5, 5.41) is 8.24. The highest BCUT2D eigenvalue weighted by Crippen LogP contribution is 2.32. The van der Waals surface area contributed by atoms with Crippen molar-refractivity contribution in [3.05, 3.63) is 76.1 Å². The first-order valence-corrected chi connectivity index (χ1v) is 11.7. The van der Waals surface area contributed by atoms with E-state index in [-0.39, 0.29) is 24.1 Å². The fourth-order valence-electron chi connectivity index (χ4n) is 3.91. The molecule has 3 aromatic rings. The van der Waals surface area contributed by atoms with Crippen molar-refractivity contribution in [3.8, 4) is 5.69 Å². The number of hydrogen-bond donors (Lipinski definition) is 1. The highest BCUT2D eigenvalue weighted by molar-refractivity contribution is 7.91. The lowest BCUT2D eigenvalue weighted by molar-refractivity contribution is -0.121. The molecule has 1 aliphatic rings. The molecule has 0 saturated heterocycles. The third-order valence-electron chi connectivity index (χ3n) is 5.49. The molecule has 0 radical (unpaired) electrons. The highest BCUT2D eigenvalue weighted by Gasteiger charge is 2.31. The lowest BCUT2D eigenvalue weighted by atomic mass is 10.0. The Morgan fingerprint density at radius 1 is 1.17 bits per heavy atom. The summed E-state index contributed by atoms with van der Waals surface area (Å²) in [6.07, 6.45) is 0.545. The minimum absolute atomic E-state index is 0.0293. The molecule has 2 heterocycles. The van der Waals surface area contributed by atoms with Crippen LogP contribution < -0.4 is 5.32 Å². The molecule has 0 fully saturated rings. The van der Waals surface area contributed by atoms with Gasteiger partial charge in [0.05, 0.1) is 34.5 Å². The molecule has 6 nitrogen and oxygen atoms in total. The lowest BCUT2D eigenvalue weighted by Gasteiger charge is -2.26. The third-order valence-corrected chi connectivity index (χ3v) is 7.56. The zero-order chi connectivity index (χ0) is 21.5. The minimum Gasteiger partial charge on any atom is -0.349 e. The van der Waals surface area contributed by atoms with Gasteiger partial charge in [0.25, 0.3) is 0 Å². The number of fused-ring (bicyclic) bond motifs is 1. The van der Waals surface area contributed by atoms with E-state index in [1.54, 1.807) is 41.1 Å². The summed E-state index contributed by atoms with van der Waals surface area (Å²) >= 11 is 5.97. The fourth-order valence-corrected chi connectivity index (χ4v) is 5.66. The van der Waals surface area contributed by atoms with E-state index in [0.29, 0.717) is 21.9 Å². The van der Waals surface area contributed by atoms with Crippen molar-refractivity contribution in [1.29, 1.82) is 0 Å². The number of aromatic nitrogens is 2. The first kappa shape index (κ1) is 20.6. The number of halogens is 1. The molecule has 1 amide bonds. The third kappa shape index (κ3) is 3.87. The Labute approximate surface area is 180 Å². The summed E-state index contributed by atoms with van der Waals surface area (Å²) in [7, 11) is -3.29. The van der Waals surface area contributed by atoms with Gasteiger partial charge in [0.2, 0.25) is 5.91 Å². The monoisotopic (exact) mass is 443 g/mol. The smallest absolute Gasteiger partial charge is 0.225 e. The van der Waals surface area contributed by atoms with E-state index < -0.39 is 9.84 Å². The molecule has 0 saturated carbocycles. The van der Waals surface area contributed by atoms with Crippen molar-refractivity contribution in [1.82, 2.24) is 15.1 Å². The molecular weight excluding hydrogens is 422 g/mol. The molecule has 0 bridgehead atoms. The van der Waals surface area contributed by atoms with E-state index in [2.05, 4.69) is 10.4 Å². The van der Waals surface area contributed by atoms with E-state index in [0.717, 1.165) is 22.6 Å². The summed E-state index contributed by atoms with van der Waals surface area (Å²) in [4.78, 5) is 13.1. The van der Waals surface area contributed by atoms with Gasteiger partial charge >= 0.3 is 0 Å². The van der Waals surface area contributed by atoms with E-state index >= 15 is 0 Å². The van der Waals surface area contributed by atoms with Gasteiger partial charge in [0.15, 0.2) is 9.84 Å².